The van der Waals surface area contributed by atoms with Crippen LogP contribution in [0.2, 0.25) is 0 Å². The molecule has 1 saturated heterocycles. The van der Waals surface area contributed by atoms with Crippen molar-refractivity contribution in [1.29, 1.82) is 5.26 Å². The van der Waals surface area contributed by atoms with Gasteiger partial charge in [0.1, 0.15) is 6.61 Å². The maximum atomic E-state index is 11.8. The summed E-state index contributed by atoms with van der Waals surface area (Å²) in [4.78, 5) is 24.6. The molecule has 0 aromatic heterocycles. The van der Waals surface area contributed by atoms with Crippen molar-refractivity contribution < 1.29 is 14.3 Å². The average Bonchev–Trinajstić information content (AvgIpc) is 2.41. The number of Topliss-reactive ketones (excluding diaryl/α,β-unsaturated/α-hetero) is 1. The first-order valence-corrected chi connectivity index (χ1v) is 6.01. The lowest BCUT2D eigenvalue weighted by atomic mass is 10.1. The number of amides is 1. The molecular weight excluding hydrogens is 244 g/mol. The van der Waals surface area contributed by atoms with Gasteiger partial charge in [-0.3, -0.25) is 9.59 Å². The minimum atomic E-state index is -0.254. The van der Waals surface area contributed by atoms with Gasteiger partial charge in [-0.05, 0) is 31.2 Å². The Bertz CT molecular complexity index is 531. The first-order chi connectivity index (χ1) is 9.11. The highest BCUT2D eigenvalue weighted by molar-refractivity contribution is 5.97. The number of benzene rings is 1. The van der Waals surface area contributed by atoms with Crippen molar-refractivity contribution >= 4 is 17.4 Å². The lowest BCUT2D eigenvalue weighted by molar-refractivity contribution is -0.129. The minimum Gasteiger partial charge on any atom is -0.365 e. The van der Waals surface area contributed by atoms with Gasteiger partial charge < -0.3 is 9.64 Å². The molecule has 0 spiro atoms. The maximum Gasteiger partial charge on any atom is 0.253 e. The van der Waals surface area contributed by atoms with Crippen molar-refractivity contribution in [1.82, 2.24) is 0 Å². The second-order valence-electron chi connectivity index (χ2n) is 4.40. The number of hydrogen-bond acceptors (Lipinski definition) is 4. The Morgan fingerprint density at radius 1 is 1.47 bits per heavy atom. The lowest BCUT2D eigenvalue weighted by Crippen LogP contribution is -2.46. The molecule has 1 unspecified atom stereocenters. The third-order valence-corrected chi connectivity index (χ3v) is 3.03. The largest absolute Gasteiger partial charge is 0.365 e. The Labute approximate surface area is 111 Å². The molecule has 19 heavy (non-hydrogen) atoms. The summed E-state index contributed by atoms with van der Waals surface area (Å²) in [6.07, 6.45) is 0.00478. The van der Waals surface area contributed by atoms with Crippen LogP contribution in [0.25, 0.3) is 0 Å². The average molecular weight is 258 g/mol. The molecule has 98 valence electrons. The lowest BCUT2D eigenvalue weighted by Gasteiger charge is -2.31. The number of anilines is 1. The normalized spacial score (nSPS) is 19.1. The van der Waals surface area contributed by atoms with Crippen LogP contribution in [-0.2, 0) is 9.53 Å². The van der Waals surface area contributed by atoms with E-state index in [-0.39, 0.29) is 30.8 Å². The Morgan fingerprint density at radius 3 is 2.74 bits per heavy atom. The van der Waals surface area contributed by atoms with Crippen molar-refractivity contribution in [2.45, 2.75) is 19.4 Å². The molecular formula is C14H14N2O3. The number of hydrogen-bond donors (Lipinski definition) is 0. The van der Waals surface area contributed by atoms with Gasteiger partial charge in [0.05, 0.1) is 25.1 Å². The summed E-state index contributed by atoms with van der Waals surface area (Å²) in [5.41, 5.74) is 1.33. The molecule has 2 rings (SSSR count). The number of rotatable bonds is 3. The molecule has 0 N–H and O–H groups in total. The van der Waals surface area contributed by atoms with Crippen LogP contribution in [0.5, 0.6) is 0 Å². The second-order valence-corrected chi connectivity index (χ2v) is 4.40. The summed E-state index contributed by atoms with van der Waals surface area (Å²) in [6.45, 7) is 1.85. The number of carbonyl (C=O) groups is 2. The van der Waals surface area contributed by atoms with Crippen LogP contribution in [0.15, 0.2) is 24.3 Å². The van der Waals surface area contributed by atoms with Crippen molar-refractivity contribution in [2.75, 3.05) is 18.1 Å². The summed E-state index contributed by atoms with van der Waals surface area (Å²) in [5.74, 6) is -0.146. The van der Waals surface area contributed by atoms with Crippen LogP contribution >= 0.6 is 0 Å². The van der Waals surface area contributed by atoms with Gasteiger partial charge in [-0.1, -0.05) is 0 Å². The first kappa shape index (κ1) is 13.2. The number of carbonyl (C=O) groups excluding carboxylic acids is 2. The SMILES string of the molecule is CC(=O)c1ccc(N2CC(CC#N)OCC2=O)cc1. The molecule has 0 bridgehead atoms. The summed E-state index contributed by atoms with van der Waals surface area (Å²) in [6, 6.07) is 8.91. The summed E-state index contributed by atoms with van der Waals surface area (Å²) >= 11 is 0. The van der Waals surface area contributed by atoms with Crippen molar-refractivity contribution in [3.63, 3.8) is 0 Å². The van der Waals surface area contributed by atoms with E-state index in [0.29, 0.717) is 12.1 Å². The highest BCUT2D eigenvalue weighted by atomic mass is 16.5. The van der Waals surface area contributed by atoms with Gasteiger partial charge in [0.25, 0.3) is 5.91 Å². The quantitative estimate of drug-likeness (QED) is 0.771. The topological polar surface area (TPSA) is 70.4 Å². The van der Waals surface area contributed by atoms with E-state index in [0.717, 1.165) is 5.69 Å². The number of morpholine rings is 1. The molecule has 0 saturated carbocycles. The molecule has 1 heterocycles. The van der Waals surface area contributed by atoms with Gasteiger partial charge in [0, 0.05) is 11.3 Å². The van der Waals surface area contributed by atoms with Crippen LogP contribution in [-0.4, -0.2) is 30.9 Å². The Balaban J connectivity index is 2.17. The smallest absolute Gasteiger partial charge is 0.253 e. The van der Waals surface area contributed by atoms with E-state index >= 15 is 0 Å². The van der Waals surface area contributed by atoms with E-state index in [4.69, 9.17) is 10.00 Å². The Morgan fingerprint density at radius 2 is 2.16 bits per heavy atom. The van der Waals surface area contributed by atoms with Crippen LogP contribution in [0.4, 0.5) is 5.69 Å². The third-order valence-electron chi connectivity index (χ3n) is 3.03. The molecule has 1 aliphatic rings. The standard InChI is InChI=1S/C14H14N2O3/c1-10(17)11-2-4-12(5-3-11)16-8-13(6-7-15)19-9-14(16)18/h2-5,13H,6,8-9H2,1H3. The zero-order valence-electron chi connectivity index (χ0n) is 10.6. The van der Waals surface area contributed by atoms with Crippen LogP contribution in [0, 0.1) is 11.3 Å². The Hall–Kier alpha value is -2.19. The second kappa shape index (κ2) is 5.63. The molecule has 0 radical (unpaired) electrons. The third kappa shape index (κ3) is 2.98. The van der Waals surface area contributed by atoms with Crippen LogP contribution in [0.3, 0.4) is 0 Å². The van der Waals surface area contributed by atoms with Crippen molar-refractivity contribution in [3.8, 4) is 6.07 Å². The van der Waals surface area contributed by atoms with Gasteiger partial charge in [0.15, 0.2) is 5.78 Å². The molecule has 1 fully saturated rings. The first-order valence-electron chi connectivity index (χ1n) is 6.01. The summed E-state index contributed by atoms with van der Waals surface area (Å²) in [7, 11) is 0. The van der Waals surface area contributed by atoms with Crippen molar-refractivity contribution in [3.05, 3.63) is 29.8 Å². The number of ether oxygens (including phenoxy) is 1. The van der Waals surface area contributed by atoms with E-state index in [1.54, 1.807) is 29.2 Å². The van der Waals surface area contributed by atoms with E-state index in [2.05, 4.69) is 0 Å². The number of ketones is 1. The van der Waals surface area contributed by atoms with E-state index in [1.807, 2.05) is 6.07 Å². The molecule has 0 aliphatic carbocycles. The van der Waals surface area contributed by atoms with Gasteiger partial charge in [-0.2, -0.15) is 5.26 Å². The van der Waals surface area contributed by atoms with E-state index in [1.165, 1.54) is 6.92 Å². The highest BCUT2D eigenvalue weighted by Gasteiger charge is 2.27. The fraction of sp³-hybridized carbons (Fsp3) is 0.357. The zero-order valence-corrected chi connectivity index (χ0v) is 10.6. The highest BCUT2D eigenvalue weighted by Crippen LogP contribution is 2.20. The molecule has 5 nitrogen and oxygen atoms in total. The van der Waals surface area contributed by atoms with E-state index in [9.17, 15) is 9.59 Å². The van der Waals surface area contributed by atoms with Gasteiger partial charge in [0.2, 0.25) is 0 Å². The van der Waals surface area contributed by atoms with E-state index < -0.39 is 0 Å². The van der Waals surface area contributed by atoms with Gasteiger partial charge in [-0.25, -0.2) is 0 Å². The van der Waals surface area contributed by atoms with Gasteiger partial charge in [-0.15, -0.1) is 0 Å². The number of nitrogens with zero attached hydrogens (tertiary/aromatic N) is 2. The van der Waals surface area contributed by atoms with Gasteiger partial charge >= 0.3 is 0 Å². The molecule has 1 aliphatic heterocycles. The molecule has 1 atom stereocenters. The molecule has 1 aromatic carbocycles. The number of nitriles is 1. The zero-order chi connectivity index (χ0) is 13.8. The summed E-state index contributed by atoms with van der Waals surface area (Å²) in [5, 5.41) is 8.67. The van der Waals surface area contributed by atoms with Crippen molar-refractivity contribution in [2.24, 2.45) is 0 Å². The van der Waals surface area contributed by atoms with Crippen LogP contribution in [0.1, 0.15) is 23.7 Å². The Kier molecular flexibility index (Phi) is 3.93. The monoisotopic (exact) mass is 258 g/mol. The fourth-order valence-corrected chi connectivity index (χ4v) is 1.98. The molecule has 1 aromatic rings. The minimum absolute atomic E-state index is 0.0118. The fourth-order valence-electron chi connectivity index (χ4n) is 1.98. The maximum absolute atomic E-state index is 11.8. The summed E-state index contributed by atoms with van der Waals surface area (Å²) < 4.78 is 5.28. The predicted octanol–water partition coefficient (Wildman–Crippen LogP) is 1.53. The van der Waals surface area contributed by atoms with Crippen LogP contribution < -0.4 is 4.90 Å². The molecule has 1 amide bonds. The molecule has 5 heteroatoms. The predicted molar refractivity (Wildman–Crippen MR) is 68.8 cm³/mol.